The number of nitrogens with one attached hydrogen (secondary N) is 1. The third-order valence-electron chi connectivity index (χ3n) is 1.65. The molecule has 0 bridgehead atoms. The predicted octanol–water partition coefficient (Wildman–Crippen LogP) is 1.04. The van der Waals surface area contributed by atoms with E-state index >= 15 is 0 Å². The van der Waals surface area contributed by atoms with Gasteiger partial charge in [0.1, 0.15) is 5.76 Å². The minimum Gasteiger partial charge on any atom is -0.395 e. The van der Waals surface area contributed by atoms with E-state index in [9.17, 15) is 4.79 Å². The summed E-state index contributed by atoms with van der Waals surface area (Å²) in [6, 6.07) is 1.65. The molecule has 0 aliphatic rings. The molecule has 1 amide bonds. The Kier molecular flexibility index (Phi) is 4.64. The van der Waals surface area contributed by atoms with Crippen molar-refractivity contribution in [2.24, 2.45) is 0 Å². The van der Waals surface area contributed by atoms with E-state index in [-0.39, 0.29) is 17.8 Å². The van der Waals surface area contributed by atoms with Gasteiger partial charge in [0.25, 0.3) is 0 Å². The minimum absolute atomic E-state index is 0.0646. The van der Waals surface area contributed by atoms with Crippen molar-refractivity contribution in [3.8, 4) is 0 Å². The van der Waals surface area contributed by atoms with E-state index in [1.165, 1.54) is 11.8 Å². The maximum atomic E-state index is 11.3. The van der Waals surface area contributed by atoms with Crippen molar-refractivity contribution in [1.29, 1.82) is 0 Å². The van der Waals surface area contributed by atoms with E-state index in [0.29, 0.717) is 17.3 Å². The van der Waals surface area contributed by atoms with E-state index in [0.717, 1.165) is 0 Å². The van der Waals surface area contributed by atoms with Crippen molar-refractivity contribution in [1.82, 2.24) is 5.16 Å². The normalized spacial score (nSPS) is 12.5. The lowest BCUT2D eigenvalue weighted by molar-refractivity contribution is -0.113. The first-order valence-corrected chi connectivity index (χ1v) is 5.62. The summed E-state index contributed by atoms with van der Waals surface area (Å²) < 4.78 is 4.80. The van der Waals surface area contributed by atoms with Crippen LogP contribution in [0.1, 0.15) is 12.7 Å². The van der Waals surface area contributed by atoms with E-state index in [2.05, 4.69) is 10.5 Å². The van der Waals surface area contributed by atoms with Crippen LogP contribution in [0.4, 0.5) is 5.82 Å². The Hall–Kier alpha value is -1.01. The number of hydrogen-bond donors (Lipinski definition) is 2. The molecule has 0 radical (unpaired) electrons. The standard InChI is InChI=1S/C9H14N2O3S/c1-6-3-8(11-14-6)10-9(13)5-15-7(2)4-12/h3,7,12H,4-5H2,1-2H3,(H,10,11,13). The summed E-state index contributed by atoms with van der Waals surface area (Å²) >= 11 is 1.39. The number of aryl methyl sites for hydroxylation is 1. The molecule has 0 aliphatic heterocycles. The van der Waals surface area contributed by atoms with E-state index in [1.807, 2.05) is 6.92 Å². The van der Waals surface area contributed by atoms with Gasteiger partial charge < -0.3 is 14.9 Å². The fraction of sp³-hybridized carbons (Fsp3) is 0.556. The smallest absolute Gasteiger partial charge is 0.235 e. The van der Waals surface area contributed by atoms with Crippen molar-refractivity contribution >= 4 is 23.5 Å². The molecular weight excluding hydrogens is 216 g/mol. The molecule has 1 unspecified atom stereocenters. The molecule has 2 N–H and O–H groups in total. The highest BCUT2D eigenvalue weighted by Gasteiger charge is 2.08. The Labute approximate surface area is 92.2 Å². The van der Waals surface area contributed by atoms with E-state index in [1.54, 1.807) is 13.0 Å². The van der Waals surface area contributed by atoms with Crippen LogP contribution in [0.5, 0.6) is 0 Å². The molecule has 6 heteroatoms. The van der Waals surface area contributed by atoms with Crippen molar-refractivity contribution in [3.63, 3.8) is 0 Å². The summed E-state index contributed by atoms with van der Waals surface area (Å²) in [5, 5.41) is 15.1. The summed E-state index contributed by atoms with van der Waals surface area (Å²) in [7, 11) is 0. The zero-order chi connectivity index (χ0) is 11.3. The van der Waals surface area contributed by atoms with Gasteiger partial charge in [-0.15, -0.1) is 11.8 Å². The van der Waals surface area contributed by atoms with Crippen molar-refractivity contribution in [3.05, 3.63) is 11.8 Å². The molecule has 0 aliphatic carbocycles. The Balaban J connectivity index is 2.30. The number of rotatable bonds is 5. The number of nitrogens with zero attached hydrogens (tertiary/aromatic N) is 1. The first-order chi connectivity index (χ1) is 7.11. The van der Waals surface area contributed by atoms with Crippen LogP contribution in [0.3, 0.4) is 0 Å². The average molecular weight is 230 g/mol. The van der Waals surface area contributed by atoms with Crippen LogP contribution in [0, 0.1) is 6.92 Å². The number of anilines is 1. The lowest BCUT2D eigenvalue weighted by Gasteiger charge is -2.06. The van der Waals surface area contributed by atoms with Gasteiger partial charge in [-0.1, -0.05) is 12.1 Å². The first-order valence-electron chi connectivity index (χ1n) is 4.57. The SMILES string of the molecule is Cc1cc(NC(=O)CSC(C)CO)no1. The predicted molar refractivity (Wildman–Crippen MR) is 58.9 cm³/mol. The van der Waals surface area contributed by atoms with Gasteiger partial charge in [-0.2, -0.15) is 0 Å². The van der Waals surface area contributed by atoms with Crippen molar-refractivity contribution < 1.29 is 14.4 Å². The van der Waals surface area contributed by atoms with E-state index < -0.39 is 0 Å². The molecule has 15 heavy (non-hydrogen) atoms. The molecule has 0 aromatic carbocycles. The Morgan fingerprint density at radius 3 is 3.07 bits per heavy atom. The van der Waals surface area contributed by atoms with Crippen LogP contribution in [-0.2, 0) is 4.79 Å². The maximum Gasteiger partial charge on any atom is 0.235 e. The van der Waals surface area contributed by atoms with Crippen LogP contribution >= 0.6 is 11.8 Å². The molecule has 0 saturated carbocycles. The molecule has 0 fully saturated rings. The number of aliphatic hydroxyl groups excluding tert-OH is 1. The number of hydrogen-bond acceptors (Lipinski definition) is 5. The number of carbonyl (C=O) groups is 1. The summed E-state index contributed by atoms with van der Waals surface area (Å²) in [5.41, 5.74) is 0. The molecule has 1 rings (SSSR count). The van der Waals surface area contributed by atoms with Gasteiger partial charge >= 0.3 is 0 Å². The molecule has 1 aromatic rings. The van der Waals surface area contributed by atoms with Crippen LogP contribution in [0.2, 0.25) is 0 Å². The Morgan fingerprint density at radius 2 is 2.53 bits per heavy atom. The van der Waals surface area contributed by atoms with Gasteiger partial charge in [0.05, 0.1) is 12.4 Å². The fourth-order valence-electron chi connectivity index (χ4n) is 0.875. The van der Waals surface area contributed by atoms with Crippen molar-refractivity contribution in [2.75, 3.05) is 17.7 Å². The number of thioether (sulfide) groups is 1. The van der Waals surface area contributed by atoms with Crippen LogP contribution in [-0.4, -0.2) is 33.8 Å². The topological polar surface area (TPSA) is 75.4 Å². The Morgan fingerprint density at radius 1 is 1.80 bits per heavy atom. The van der Waals surface area contributed by atoms with Gasteiger partial charge in [-0.25, -0.2) is 0 Å². The van der Waals surface area contributed by atoms with Crippen LogP contribution in [0.15, 0.2) is 10.6 Å². The summed E-state index contributed by atoms with van der Waals surface area (Å²) in [4.78, 5) is 11.3. The zero-order valence-corrected chi connectivity index (χ0v) is 9.50. The summed E-state index contributed by atoms with van der Waals surface area (Å²) in [5.74, 6) is 1.23. The lowest BCUT2D eigenvalue weighted by atomic mass is 10.5. The highest BCUT2D eigenvalue weighted by Crippen LogP contribution is 2.11. The average Bonchev–Trinajstić information content (AvgIpc) is 2.60. The second-order valence-corrected chi connectivity index (χ2v) is 4.60. The number of aromatic nitrogens is 1. The molecule has 0 spiro atoms. The monoisotopic (exact) mass is 230 g/mol. The first kappa shape index (κ1) is 12.1. The van der Waals surface area contributed by atoms with Crippen LogP contribution in [0.25, 0.3) is 0 Å². The van der Waals surface area contributed by atoms with E-state index in [4.69, 9.17) is 9.63 Å². The highest BCUT2D eigenvalue weighted by atomic mass is 32.2. The highest BCUT2D eigenvalue weighted by molar-refractivity contribution is 8.00. The third kappa shape index (κ3) is 4.35. The number of aliphatic hydroxyl groups is 1. The largest absolute Gasteiger partial charge is 0.395 e. The van der Waals surface area contributed by atoms with Crippen molar-refractivity contribution in [2.45, 2.75) is 19.1 Å². The minimum atomic E-state index is -0.145. The maximum absolute atomic E-state index is 11.3. The Bertz CT molecular complexity index is 327. The quantitative estimate of drug-likeness (QED) is 0.790. The number of amides is 1. The summed E-state index contributed by atoms with van der Waals surface area (Å²) in [6.45, 7) is 3.68. The zero-order valence-electron chi connectivity index (χ0n) is 8.69. The number of carbonyl (C=O) groups excluding carboxylic acids is 1. The van der Waals surface area contributed by atoms with Crippen LogP contribution < -0.4 is 5.32 Å². The molecule has 84 valence electrons. The van der Waals surface area contributed by atoms with Gasteiger partial charge in [0, 0.05) is 11.3 Å². The van der Waals surface area contributed by atoms with Gasteiger partial charge in [-0.05, 0) is 6.92 Å². The second-order valence-electron chi connectivity index (χ2n) is 3.18. The summed E-state index contributed by atoms with van der Waals surface area (Å²) in [6.07, 6.45) is 0. The van der Waals surface area contributed by atoms with Gasteiger partial charge in [0.2, 0.25) is 5.91 Å². The molecular formula is C9H14N2O3S. The molecule has 5 nitrogen and oxygen atoms in total. The molecule has 0 saturated heterocycles. The third-order valence-corrected chi connectivity index (χ3v) is 2.80. The molecule has 1 heterocycles. The second kappa shape index (κ2) is 5.77. The lowest BCUT2D eigenvalue weighted by Crippen LogP contribution is -2.16. The molecule has 1 atom stereocenters. The van der Waals surface area contributed by atoms with Gasteiger partial charge in [-0.3, -0.25) is 4.79 Å². The van der Waals surface area contributed by atoms with Gasteiger partial charge in [0.15, 0.2) is 5.82 Å². The molecule has 1 aromatic heterocycles. The fourth-order valence-corrected chi connectivity index (χ4v) is 1.49.